The van der Waals surface area contributed by atoms with Crippen LogP contribution in [0.25, 0.3) is 0 Å². The molecule has 1 aromatic rings. The van der Waals surface area contributed by atoms with Gasteiger partial charge in [-0.25, -0.2) is 8.42 Å². The van der Waals surface area contributed by atoms with Gasteiger partial charge in [0.2, 0.25) is 15.9 Å². The first-order chi connectivity index (χ1) is 12.3. The minimum absolute atomic E-state index is 0.117. The highest BCUT2D eigenvalue weighted by Gasteiger charge is 2.35. The van der Waals surface area contributed by atoms with Gasteiger partial charge in [-0.3, -0.25) is 14.9 Å². The molecular weight excluding hydrogens is 364 g/mol. The number of amides is 1. The van der Waals surface area contributed by atoms with Crippen LogP contribution in [0.5, 0.6) is 0 Å². The first kappa shape index (κ1) is 18.7. The fourth-order valence-electron chi connectivity index (χ4n) is 3.18. The summed E-state index contributed by atoms with van der Waals surface area (Å²) in [5.41, 5.74) is -0.286. The topological polar surface area (TPSA) is 133 Å². The lowest BCUT2D eigenvalue weighted by Gasteiger charge is -2.35. The van der Waals surface area contributed by atoms with Gasteiger partial charge < -0.3 is 15.3 Å². The zero-order valence-corrected chi connectivity index (χ0v) is 14.8. The minimum Gasteiger partial charge on any atom is -0.392 e. The fourth-order valence-corrected chi connectivity index (χ4v) is 4.64. The predicted octanol–water partition coefficient (Wildman–Crippen LogP) is -0.849. The van der Waals surface area contributed by atoms with Gasteiger partial charge in [-0.15, -0.1) is 0 Å². The molecule has 2 unspecified atom stereocenters. The Bertz CT molecular complexity index is 806. The van der Waals surface area contributed by atoms with E-state index >= 15 is 0 Å². The van der Waals surface area contributed by atoms with Crippen LogP contribution < -0.4 is 5.32 Å². The van der Waals surface area contributed by atoms with Gasteiger partial charge in [-0.2, -0.15) is 4.31 Å². The molecular formula is C15H20N4O6S. The van der Waals surface area contributed by atoms with E-state index in [9.17, 15) is 28.4 Å². The summed E-state index contributed by atoms with van der Waals surface area (Å²) in [5, 5.41) is 23.3. The Hall–Kier alpha value is -2.08. The van der Waals surface area contributed by atoms with Gasteiger partial charge >= 0.3 is 0 Å². The zero-order valence-electron chi connectivity index (χ0n) is 13.9. The van der Waals surface area contributed by atoms with E-state index < -0.39 is 27.1 Å². The third kappa shape index (κ3) is 3.70. The maximum Gasteiger partial charge on any atom is 0.270 e. The summed E-state index contributed by atoms with van der Waals surface area (Å²) in [6.45, 7) is 1.08. The van der Waals surface area contributed by atoms with Crippen molar-refractivity contribution in [1.29, 1.82) is 0 Å². The third-order valence-electron chi connectivity index (χ3n) is 4.62. The van der Waals surface area contributed by atoms with Gasteiger partial charge in [-0.1, -0.05) is 6.07 Å². The summed E-state index contributed by atoms with van der Waals surface area (Å²) < 4.78 is 26.6. The Morgan fingerprint density at radius 3 is 2.54 bits per heavy atom. The van der Waals surface area contributed by atoms with Crippen molar-refractivity contribution in [2.24, 2.45) is 0 Å². The molecule has 2 aliphatic heterocycles. The smallest absolute Gasteiger partial charge is 0.270 e. The number of nitrogens with zero attached hydrogens (tertiary/aromatic N) is 3. The Labute approximate surface area is 150 Å². The first-order valence-corrected chi connectivity index (χ1v) is 9.68. The highest BCUT2D eigenvalue weighted by molar-refractivity contribution is 7.89. The molecule has 26 heavy (non-hydrogen) atoms. The van der Waals surface area contributed by atoms with Gasteiger partial charge in [0.05, 0.1) is 22.0 Å². The highest BCUT2D eigenvalue weighted by atomic mass is 32.2. The van der Waals surface area contributed by atoms with Crippen LogP contribution >= 0.6 is 0 Å². The summed E-state index contributed by atoms with van der Waals surface area (Å²) in [7, 11) is -3.86. The van der Waals surface area contributed by atoms with Gasteiger partial charge in [0.1, 0.15) is 0 Å². The van der Waals surface area contributed by atoms with Crippen molar-refractivity contribution in [3.8, 4) is 0 Å². The SMILES string of the molecule is O=C(C1CC(O)CN1)N1CCN(S(=O)(=O)c2cccc([N+](=O)[O-])c2)CC1. The summed E-state index contributed by atoms with van der Waals surface area (Å²) in [4.78, 5) is 24.1. The molecule has 142 valence electrons. The van der Waals surface area contributed by atoms with Crippen molar-refractivity contribution in [3.05, 3.63) is 34.4 Å². The van der Waals surface area contributed by atoms with Crippen molar-refractivity contribution >= 4 is 21.6 Å². The lowest BCUT2D eigenvalue weighted by molar-refractivity contribution is -0.385. The summed E-state index contributed by atoms with van der Waals surface area (Å²) in [6.07, 6.45) is -0.190. The van der Waals surface area contributed by atoms with Crippen LogP contribution in [-0.2, 0) is 14.8 Å². The molecule has 0 saturated carbocycles. The maximum atomic E-state index is 12.7. The molecule has 2 heterocycles. The Kier molecular flexibility index (Phi) is 5.23. The molecule has 10 nitrogen and oxygen atoms in total. The molecule has 1 amide bonds. The molecule has 0 spiro atoms. The molecule has 0 bridgehead atoms. The van der Waals surface area contributed by atoms with Crippen molar-refractivity contribution in [3.63, 3.8) is 0 Å². The minimum atomic E-state index is -3.86. The predicted molar refractivity (Wildman–Crippen MR) is 90.8 cm³/mol. The van der Waals surface area contributed by atoms with Crippen molar-refractivity contribution < 1.29 is 23.2 Å². The number of hydrogen-bond donors (Lipinski definition) is 2. The Morgan fingerprint density at radius 1 is 1.27 bits per heavy atom. The molecule has 0 radical (unpaired) electrons. The number of rotatable bonds is 4. The molecule has 2 N–H and O–H groups in total. The first-order valence-electron chi connectivity index (χ1n) is 8.24. The van der Waals surface area contributed by atoms with Crippen molar-refractivity contribution in [2.75, 3.05) is 32.7 Å². The second-order valence-corrected chi connectivity index (χ2v) is 8.27. The van der Waals surface area contributed by atoms with E-state index in [0.29, 0.717) is 13.0 Å². The van der Waals surface area contributed by atoms with Crippen molar-refractivity contribution in [2.45, 2.75) is 23.5 Å². The number of nitrogens with one attached hydrogen (secondary N) is 1. The summed E-state index contributed by atoms with van der Waals surface area (Å²) in [6, 6.07) is 4.49. The third-order valence-corrected chi connectivity index (χ3v) is 6.52. The van der Waals surface area contributed by atoms with E-state index in [1.165, 1.54) is 22.5 Å². The monoisotopic (exact) mass is 384 g/mol. The van der Waals surface area contributed by atoms with Crippen LogP contribution in [0.3, 0.4) is 0 Å². The second kappa shape index (κ2) is 7.27. The summed E-state index contributed by atoms with van der Waals surface area (Å²) in [5.74, 6) is -0.144. The van der Waals surface area contributed by atoms with Crippen LogP contribution in [-0.4, -0.2) is 78.4 Å². The lowest BCUT2D eigenvalue weighted by Crippen LogP contribution is -2.54. The summed E-state index contributed by atoms with van der Waals surface area (Å²) >= 11 is 0. The Morgan fingerprint density at radius 2 is 1.96 bits per heavy atom. The van der Waals surface area contributed by atoms with Gasteiger partial charge in [0, 0.05) is 44.9 Å². The van der Waals surface area contributed by atoms with E-state index in [4.69, 9.17) is 0 Å². The molecule has 11 heteroatoms. The van der Waals surface area contributed by atoms with Crippen LogP contribution in [0.1, 0.15) is 6.42 Å². The number of carbonyl (C=O) groups excluding carboxylic acids is 1. The number of aliphatic hydroxyl groups excluding tert-OH is 1. The largest absolute Gasteiger partial charge is 0.392 e. The quantitative estimate of drug-likeness (QED) is 0.510. The maximum absolute atomic E-state index is 12.7. The van der Waals surface area contributed by atoms with Gasteiger partial charge in [0.15, 0.2) is 0 Å². The average molecular weight is 384 g/mol. The van der Waals surface area contributed by atoms with E-state index in [0.717, 1.165) is 6.07 Å². The second-order valence-electron chi connectivity index (χ2n) is 6.33. The molecule has 2 aliphatic rings. The number of carbonyl (C=O) groups is 1. The number of nitro benzene ring substituents is 1. The molecule has 2 atom stereocenters. The van der Waals surface area contributed by atoms with E-state index in [1.807, 2.05) is 0 Å². The molecule has 2 fully saturated rings. The highest BCUT2D eigenvalue weighted by Crippen LogP contribution is 2.22. The zero-order chi connectivity index (χ0) is 18.9. The average Bonchev–Trinajstić information content (AvgIpc) is 3.07. The van der Waals surface area contributed by atoms with Crippen molar-refractivity contribution in [1.82, 2.24) is 14.5 Å². The van der Waals surface area contributed by atoms with Crippen LogP contribution in [0.2, 0.25) is 0 Å². The molecule has 2 saturated heterocycles. The molecule has 0 aromatic heterocycles. The van der Waals surface area contributed by atoms with Crippen LogP contribution in [0.15, 0.2) is 29.2 Å². The molecule has 0 aliphatic carbocycles. The molecule has 3 rings (SSSR count). The number of piperazine rings is 1. The standard InChI is InChI=1S/C15H20N4O6S/c20-12-9-14(16-10-12)15(21)17-4-6-18(7-5-17)26(24,25)13-3-1-2-11(8-13)19(22)23/h1-3,8,12,14,16,20H,4-7,9-10H2. The number of β-amino-alcohol motifs (C(OH)–C–C–N with tert-alkyl or cyclic N) is 1. The van der Waals surface area contributed by atoms with Gasteiger partial charge in [-0.05, 0) is 12.5 Å². The molecule has 1 aromatic carbocycles. The van der Waals surface area contributed by atoms with Crippen LogP contribution in [0.4, 0.5) is 5.69 Å². The number of benzene rings is 1. The fraction of sp³-hybridized carbons (Fsp3) is 0.533. The van der Waals surface area contributed by atoms with Gasteiger partial charge in [0.25, 0.3) is 5.69 Å². The number of hydrogen-bond acceptors (Lipinski definition) is 7. The van der Waals surface area contributed by atoms with E-state index in [-0.39, 0.29) is 42.7 Å². The Balaban J connectivity index is 1.66. The normalized spacial score (nSPS) is 24.6. The van der Waals surface area contributed by atoms with Crippen LogP contribution in [0, 0.1) is 10.1 Å². The number of aliphatic hydroxyl groups is 1. The number of non-ortho nitro benzene ring substituents is 1. The lowest BCUT2D eigenvalue weighted by atomic mass is 10.1. The van der Waals surface area contributed by atoms with E-state index in [2.05, 4.69) is 5.32 Å². The number of sulfonamides is 1. The van der Waals surface area contributed by atoms with E-state index in [1.54, 1.807) is 4.90 Å². The number of nitro groups is 1.